The lowest BCUT2D eigenvalue weighted by Crippen LogP contribution is -1.94. The van der Waals surface area contributed by atoms with E-state index in [1.54, 1.807) is 0 Å². The van der Waals surface area contributed by atoms with E-state index in [0.29, 0.717) is 0 Å². The third-order valence-electron chi connectivity index (χ3n) is 5.55. The summed E-state index contributed by atoms with van der Waals surface area (Å²) in [5.74, 6) is 0. The molecule has 0 fully saturated rings. The van der Waals surface area contributed by atoms with Crippen molar-refractivity contribution in [3.63, 3.8) is 0 Å². The second-order valence-corrected chi connectivity index (χ2v) is 7.82. The van der Waals surface area contributed by atoms with Gasteiger partial charge in [0.15, 0.2) is 0 Å². The molecule has 1 heteroatoms. The number of nitrogens with one attached hydrogen (secondary N) is 1. The molecule has 0 heterocycles. The van der Waals surface area contributed by atoms with Crippen LogP contribution in [0.5, 0.6) is 0 Å². The Morgan fingerprint density at radius 3 is 1.17 bits per heavy atom. The average Bonchev–Trinajstić information content (AvgIpc) is 2.68. The highest BCUT2D eigenvalue weighted by atomic mass is 14.9. The van der Waals surface area contributed by atoms with Gasteiger partial charge >= 0.3 is 0 Å². The summed E-state index contributed by atoms with van der Waals surface area (Å²) in [5.41, 5.74) is 12.6. The summed E-state index contributed by atoms with van der Waals surface area (Å²) in [5, 5.41) is 3.60. The molecule has 4 rings (SSSR count). The largest absolute Gasteiger partial charge is 0.355 e. The van der Waals surface area contributed by atoms with E-state index in [0.717, 1.165) is 11.4 Å². The molecule has 0 atom stereocenters. The van der Waals surface area contributed by atoms with Crippen molar-refractivity contribution < 1.29 is 0 Å². The summed E-state index contributed by atoms with van der Waals surface area (Å²) in [6.45, 7) is 8.71. The first-order valence-electron chi connectivity index (χ1n) is 10.1. The molecule has 1 nitrogen and oxygen atoms in total. The van der Waals surface area contributed by atoms with Crippen molar-refractivity contribution in [3.8, 4) is 22.3 Å². The summed E-state index contributed by atoms with van der Waals surface area (Å²) in [6, 6.07) is 30.3. The number of hydrogen-bond acceptors (Lipinski definition) is 1. The number of rotatable bonds is 4. The Kier molecular flexibility index (Phi) is 5.22. The van der Waals surface area contributed by atoms with Gasteiger partial charge in [-0.1, -0.05) is 60.7 Å². The van der Waals surface area contributed by atoms with Gasteiger partial charge in [-0.3, -0.25) is 0 Å². The van der Waals surface area contributed by atoms with Crippen molar-refractivity contribution in [2.75, 3.05) is 5.32 Å². The molecule has 0 aromatic heterocycles. The maximum atomic E-state index is 3.60. The van der Waals surface area contributed by atoms with E-state index in [1.807, 2.05) is 0 Å². The molecule has 0 bridgehead atoms. The minimum absolute atomic E-state index is 1.10. The van der Waals surface area contributed by atoms with Gasteiger partial charge in [0.2, 0.25) is 0 Å². The molecule has 0 saturated carbocycles. The first-order chi connectivity index (χ1) is 14.0. The Balaban J connectivity index is 1.68. The predicted octanol–water partition coefficient (Wildman–Crippen LogP) is 8.00. The molecule has 1 N–H and O–H groups in total. The van der Waals surface area contributed by atoms with Crippen molar-refractivity contribution in [3.05, 3.63) is 107 Å². The van der Waals surface area contributed by atoms with Gasteiger partial charge in [-0.15, -0.1) is 0 Å². The molecule has 0 aliphatic heterocycles. The Labute approximate surface area is 174 Å². The molecular formula is C28H27N. The van der Waals surface area contributed by atoms with Crippen molar-refractivity contribution in [2.45, 2.75) is 27.7 Å². The molecule has 0 saturated heterocycles. The van der Waals surface area contributed by atoms with E-state index in [-0.39, 0.29) is 0 Å². The maximum Gasteiger partial charge on any atom is 0.0390 e. The molecule has 29 heavy (non-hydrogen) atoms. The minimum Gasteiger partial charge on any atom is -0.355 e. The Hall–Kier alpha value is -3.32. The first-order valence-corrected chi connectivity index (χ1v) is 10.1. The lowest BCUT2D eigenvalue weighted by atomic mass is 9.95. The third kappa shape index (κ3) is 3.95. The van der Waals surface area contributed by atoms with E-state index in [1.165, 1.54) is 44.5 Å². The summed E-state index contributed by atoms with van der Waals surface area (Å²) in [4.78, 5) is 0. The summed E-state index contributed by atoms with van der Waals surface area (Å²) < 4.78 is 0. The number of hydrogen-bond donors (Lipinski definition) is 1. The number of anilines is 2. The molecule has 0 aliphatic rings. The van der Waals surface area contributed by atoms with Crippen LogP contribution in [0.15, 0.2) is 84.9 Å². The Morgan fingerprint density at radius 1 is 0.448 bits per heavy atom. The third-order valence-corrected chi connectivity index (χ3v) is 5.55. The van der Waals surface area contributed by atoms with E-state index in [2.05, 4.69) is 118 Å². The topological polar surface area (TPSA) is 12.0 Å². The molecule has 0 radical (unpaired) electrons. The van der Waals surface area contributed by atoms with Crippen LogP contribution in [-0.4, -0.2) is 0 Å². The van der Waals surface area contributed by atoms with E-state index >= 15 is 0 Å². The fraction of sp³-hybridized carbons (Fsp3) is 0.143. The number of benzene rings is 4. The van der Waals surface area contributed by atoms with Crippen LogP contribution in [0.2, 0.25) is 0 Å². The molecule has 0 aliphatic carbocycles. The van der Waals surface area contributed by atoms with Gasteiger partial charge in [-0.25, -0.2) is 0 Å². The molecule has 0 amide bonds. The lowest BCUT2D eigenvalue weighted by molar-refractivity contribution is 1.37. The van der Waals surface area contributed by atoms with Gasteiger partial charge in [0, 0.05) is 11.4 Å². The second kappa shape index (κ2) is 7.97. The summed E-state index contributed by atoms with van der Waals surface area (Å²) >= 11 is 0. The van der Waals surface area contributed by atoms with Crippen LogP contribution in [0.4, 0.5) is 11.4 Å². The van der Waals surface area contributed by atoms with Gasteiger partial charge in [0.05, 0.1) is 0 Å². The second-order valence-electron chi connectivity index (χ2n) is 7.82. The summed E-state index contributed by atoms with van der Waals surface area (Å²) in [6.07, 6.45) is 0. The average molecular weight is 378 g/mol. The lowest BCUT2D eigenvalue weighted by Gasteiger charge is -2.14. The smallest absolute Gasteiger partial charge is 0.0390 e. The maximum absolute atomic E-state index is 3.60. The van der Waals surface area contributed by atoms with Crippen LogP contribution >= 0.6 is 0 Å². The van der Waals surface area contributed by atoms with Crippen LogP contribution in [0, 0.1) is 27.7 Å². The van der Waals surface area contributed by atoms with Crippen LogP contribution in [0.25, 0.3) is 22.3 Å². The van der Waals surface area contributed by atoms with Gasteiger partial charge in [-0.2, -0.15) is 0 Å². The standard InChI is InChI=1S/C28H27N/c1-19-9-5-10-20(2)27(19)23-13-7-15-25(17-23)29-26-16-8-14-24(18-26)28-21(3)11-6-12-22(28)4/h5-18,29H,1-4H3. The minimum atomic E-state index is 1.10. The van der Waals surface area contributed by atoms with Gasteiger partial charge in [0.25, 0.3) is 0 Å². The van der Waals surface area contributed by atoms with Crippen molar-refractivity contribution in [2.24, 2.45) is 0 Å². The SMILES string of the molecule is Cc1cccc(C)c1-c1cccc(Nc2cccc(-c3c(C)cccc3C)c2)c1. The molecule has 4 aromatic rings. The van der Waals surface area contributed by atoms with Crippen molar-refractivity contribution in [1.29, 1.82) is 0 Å². The zero-order valence-electron chi connectivity index (χ0n) is 17.6. The normalized spacial score (nSPS) is 10.8. The van der Waals surface area contributed by atoms with Gasteiger partial charge in [-0.05, 0) is 96.5 Å². The zero-order valence-corrected chi connectivity index (χ0v) is 17.6. The van der Waals surface area contributed by atoms with Crippen LogP contribution in [0.1, 0.15) is 22.3 Å². The van der Waals surface area contributed by atoms with Gasteiger partial charge in [0.1, 0.15) is 0 Å². The molecule has 0 unspecified atom stereocenters. The highest BCUT2D eigenvalue weighted by Crippen LogP contribution is 2.32. The van der Waals surface area contributed by atoms with E-state index in [9.17, 15) is 0 Å². The zero-order chi connectivity index (χ0) is 20.4. The van der Waals surface area contributed by atoms with E-state index in [4.69, 9.17) is 0 Å². The quantitative estimate of drug-likeness (QED) is 0.380. The van der Waals surface area contributed by atoms with Crippen LogP contribution < -0.4 is 5.32 Å². The molecule has 4 aromatic carbocycles. The molecular weight excluding hydrogens is 350 g/mol. The van der Waals surface area contributed by atoms with E-state index < -0.39 is 0 Å². The number of aryl methyl sites for hydroxylation is 4. The molecule has 144 valence electrons. The molecule has 0 spiro atoms. The first kappa shape index (κ1) is 19.0. The highest BCUT2D eigenvalue weighted by molar-refractivity contribution is 5.78. The van der Waals surface area contributed by atoms with Crippen molar-refractivity contribution >= 4 is 11.4 Å². The Bertz CT molecular complexity index is 1040. The van der Waals surface area contributed by atoms with Crippen LogP contribution in [-0.2, 0) is 0 Å². The fourth-order valence-corrected chi connectivity index (χ4v) is 4.21. The van der Waals surface area contributed by atoms with Crippen molar-refractivity contribution in [1.82, 2.24) is 0 Å². The van der Waals surface area contributed by atoms with Gasteiger partial charge < -0.3 is 5.32 Å². The summed E-state index contributed by atoms with van der Waals surface area (Å²) in [7, 11) is 0. The predicted molar refractivity (Wildman–Crippen MR) is 126 cm³/mol. The monoisotopic (exact) mass is 377 g/mol. The van der Waals surface area contributed by atoms with Crippen LogP contribution in [0.3, 0.4) is 0 Å². The fourth-order valence-electron chi connectivity index (χ4n) is 4.21. The Morgan fingerprint density at radius 2 is 0.793 bits per heavy atom. The highest BCUT2D eigenvalue weighted by Gasteiger charge is 2.08.